The predicted octanol–water partition coefficient (Wildman–Crippen LogP) is 2.32. The molecule has 3 fully saturated rings. The monoisotopic (exact) mass is 366 g/mol. The Hall–Kier alpha value is -0.880. The Morgan fingerprint density at radius 1 is 1.32 bits per heavy atom. The number of carbonyl (C=O) groups excluding carboxylic acids is 1. The van der Waals surface area contributed by atoms with Gasteiger partial charge in [0.05, 0.1) is 11.7 Å². The number of nitrogens with one attached hydrogen (secondary N) is 2. The number of likely N-dealkylation sites (tertiary alicyclic amines) is 1. The van der Waals surface area contributed by atoms with E-state index in [4.69, 9.17) is 12.2 Å². The van der Waals surface area contributed by atoms with E-state index in [0.29, 0.717) is 17.9 Å². The fourth-order valence-electron chi connectivity index (χ4n) is 4.08. The molecule has 5 nitrogen and oxygen atoms in total. The molecule has 0 unspecified atom stereocenters. The predicted molar refractivity (Wildman–Crippen MR) is 105 cm³/mol. The molecule has 1 spiro atoms. The number of rotatable bonds is 5. The van der Waals surface area contributed by atoms with Crippen molar-refractivity contribution < 1.29 is 4.79 Å². The summed E-state index contributed by atoms with van der Waals surface area (Å²) in [6.07, 6.45) is 5.51. The molecular formula is C19H34N4OS. The topological polar surface area (TPSA) is 47.6 Å². The first-order valence-electron chi connectivity index (χ1n) is 10.0. The minimum absolute atomic E-state index is 0.0176. The van der Waals surface area contributed by atoms with E-state index in [-0.39, 0.29) is 11.7 Å². The molecule has 1 amide bonds. The summed E-state index contributed by atoms with van der Waals surface area (Å²) in [5.41, 5.74) is -0.155. The van der Waals surface area contributed by atoms with Crippen molar-refractivity contribution in [2.24, 2.45) is 11.8 Å². The highest BCUT2D eigenvalue weighted by molar-refractivity contribution is 7.80. The lowest BCUT2D eigenvalue weighted by Gasteiger charge is -2.45. The molecule has 2 aliphatic heterocycles. The maximum Gasteiger partial charge on any atom is 0.241 e. The van der Waals surface area contributed by atoms with Crippen LogP contribution in [0.3, 0.4) is 0 Å². The molecule has 2 N–H and O–H groups in total. The standard InChI is InChI=1S/C19H34N4OS/c1-5-14(4)16-17(24)23(12-15-6-7-15)19(21-16)8-10-22(11-9-19)18(25)20-13(2)3/h13-16,21H,5-12H2,1-4H3,(H,20,25)/t14-,16+/m1/s1. The third kappa shape index (κ3) is 3.95. The van der Waals surface area contributed by atoms with Crippen LogP contribution < -0.4 is 10.6 Å². The van der Waals surface area contributed by atoms with Crippen molar-refractivity contribution in [2.45, 2.75) is 77.5 Å². The molecule has 0 bridgehead atoms. The summed E-state index contributed by atoms with van der Waals surface area (Å²) in [4.78, 5) is 17.6. The zero-order valence-electron chi connectivity index (χ0n) is 16.2. The van der Waals surface area contributed by atoms with Gasteiger partial charge in [0.2, 0.25) is 5.91 Å². The van der Waals surface area contributed by atoms with Crippen molar-refractivity contribution in [2.75, 3.05) is 19.6 Å². The summed E-state index contributed by atoms with van der Waals surface area (Å²) < 4.78 is 0. The van der Waals surface area contributed by atoms with Crippen molar-refractivity contribution in [1.82, 2.24) is 20.4 Å². The average Bonchev–Trinajstić information content (AvgIpc) is 3.36. The molecule has 0 aromatic heterocycles. The van der Waals surface area contributed by atoms with E-state index >= 15 is 0 Å². The van der Waals surface area contributed by atoms with Gasteiger partial charge in [0.15, 0.2) is 5.11 Å². The van der Waals surface area contributed by atoms with Crippen LogP contribution in [0.25, 0.3) is 0 Å². The van der Waals surface area contributed by atoms with Crippen LogP contribution in [0.5, 0.6) is 0 Å². The fraction of sp³-hybridized carbons (Fsp3) is 0.895. The molecule has 2 atom stereocenters. The molecule has 2 saturated heterocycles. The molecule has 6 heteroatoms. The van der Waals surface area contributed by atoms with E-state index in [0.717, 1.165) is 49.9 Å². The zero-order valence-corrected chi connectivity index (χ0v) is 17.0. The van der Waals surface area contributed by atoms with Crippen LogP contribution in [0.2, 0.25) is 0 Å². The highest BCUT2D eigenvalue weighted by Crippen LogP contribution is 2.39. The summed E-state index contributed by atoms with van der Waals surface area (Å²) in [5, 5.41) is 7.97. The molecule has 3 rings (SSSR count). The number of amides is 1. The van der Waals surface area contributed by atoms with Gasteiger partial charge in [0, 0.05) is 38.5 Å². The van der Waals surface area contributed by atoms with Crippen molar-refractivity contribution >= 4 is 23.2 Å². The lowest BCUT2D eigenvalue weighted by molar-refractivity contribution is -0.134. The Labute approximate surface area is 157 Å². The van der Waals surface area contributed by atoms with E-state index in [1.54, 1.807) is 0 Å². The first kappa shape index (κ1) is 18.9. The van der Waals surface area contributed by atoms with Gasteiger partial charge in [-0.15, -0.1) is 0 Å². The summed E-state index contributed by atoms with van der Waals surface area (Å²) in [5.74, 6) is 1.44. The minimum Gasteiger partial charge on any atom is -0.360 e. The largest absolute Gasteiger partial charge is 0.360 e. The maximum absolute atomic E-state index is 13.1. The van der Waals surface area contributed by atoms with Crippen molar-refractivity contribution in [3.63, 3.8) is 0 Å². The highest BCUT2D eigenvalue weighted by atomic mass is 32.1. The first-order chi connectivity index (χ1) is 11.9. The number of hydrogen-bond donors (Lipinski definition) is 2. The van der Waals surface area contributed by atoms with Gasteiger partial charge in [0.25, 0.3) is 0 Å². The Morgan fingerprint density at radius 3 is 2.48 bits per heavy atom. The van der Waals surface area contributed by atoms with Crippen molar-refractivity contribution in [1.29, 1.82) is 0 Å². The average molecular weight is 367 g/mol. The van der Waals surface area contributed by atoms with E-state index in [9.17, 15) is 4.79 Å². The molecule has 0 radical (unpaired) electrons. The lowest BCUT2D eigenvalue weighted by Crippen LogP contribution is -2.61. The normalized spacial score (nSPS) is 27.2. The van der Waals surface area contributed by atoms with Gasteiger partial charge >= 0.3 is 0 Å². The fourth-order valence-corrected chi connectivity index (χ4v) is 4.50. The molecule has 1 saturated carbocycles. The van der Waals surface area contributed by atoms with Crippen molar-refractivity contribution in [3.8, 4) is 0 Å². The van der Waals surface area contributed by atoms with Crippen LogP contribution in [0, 0.1) is 11.8 Å². The second-order valence-electron chi connectivity index (χ2n) is 8.52. The molecule has 0 aromatic carbocycles. The van der Waals surface area contributed by atoms with Gasteiger partial charge in [-0.25, -0.2) is 0 Å². The summed E-state index contributed by atoms with van der Waals surface area (Å²) in [6, 6.07) is 0.340. The van der Waals surface area contributed by atoms with E-state index in [2.05, 4.69) is 48.1 Å². The Balaban J connectivity index is 1.70. The van der Waals surface area contributed by atoms with Crippen molar-refractivity contribution in [3.05, 3.63) is 0 Å². The van der Waals surface area contributed by atoms with Crippen LogP contribution in [-0.4, -0.2) is 58.2 Å². The zero-order chi connectivity index (χ0) is 18.2. The highest BCUT2D eigenvalue weighted by Gasteiger charge is 2.53. The molecule has 142 valence electrons. The van der Waals surface area contributed by atoms with Crippen LogP contribution >= 0.6 is 12.2 Å². The van der Waals surface area contributed by atoms with Crippen LogP contribution in [0.1, 0.15) is 59.8 Å². The number of thiocarbonyl (C=S) groups is 1. The smallest absolute Gasteiger partial charge is 0.241 e. The molecule has 0 aromatic rings. The second-order valence-corrected chi connectivity index (χ2v) is 8.91. The maximum atomic E-state index is 13.1. The lowest BCUT2D eigenvalue weighted by atomic mass is 9.95. The SMILES string of the molecule is CC[C@@H](C)[C@@H]1NC2(CCN(C(=S)NC(C)C)CC2)N(CC2CC2)C1=O. The summed E-state index contributed by atoms with van der Waals surface area (Å²) in [7, 11) is 0. The molecular weight excluding hydrogens is 332 g/mol. The summed E-state index contributed by atoms with van der Waals surface area (Å²) >= 11 is 5.54. The summed E-state index contributed by atoms with van der Waals surface area (Å²) in [6.45, 7) is 11.4. The minimum atomic E-state index is -0.155. The van der Waals surface area contributed by atoms with E-state index < -0.39 is 0 Å². The Kier molecular flexibility index (Phi) is 5.59. The van der Waals surface area contributed by atoms with Crippen LogP contribution in [0.4, 0.5) is 0 Å². The third-order valence-electron chi connectivity index (χ3n) is 6.11. The molecule has 25 heavy (non-hydrogen) atoms. The molecule has 2 heterocycles. The number of piperidine rings is 1. The number of nitrogens with zero attached hydrogens (tertiary/aromatic N) is 2. The van der Waals surface area contributed by atoms with Gasteiger partial charge in [0.1, 0.15) is 0 Å². The van der Waals surface area contributed by atoms with E-state index in [1.165, 1.54) is 12.8 Å². The third-order valence-corrected chi connectivity index (χ3v) is 6.49. The first-order valence-corrected chi connectivity index (χ1v) is 10.4. The Bertz CT molecular complexity index is 512. The molecule has 3 aliphatic rings. The van der Waals surface area contributed by atoms with Gasteiger partial charge in [-0.05, 0) is 50.7 Å². The van der Waals surface area contributed by atoms with Crippen LogP contribution in [-0.2, 0) is 4.79 Å². The van der Waals surface area contributed by atoms with Gasteiger partial charge in [-0.1, -0.05) is 20.3 Å². The van der Waals surface area contributed by atoms with E-state index in [1.807, 2.05) is 0 Å². The van der Waals surface area contributed by atoms with Gasteiger partial charge < -0.3 is 15.1 Å². The van der Waals surface area contributed by atoms with Gasteiger partial charge in [-0.3, -0.25) is 10.1 Å². The number of hydrogen-bond acceptors (Lipinski definition) is 3. The second kappa shape index (κ2) is 7.39. The molecule has 1 aliphatic carbocycles. The van der Waals surface area contributed by atoms with Crippen LogP contribution in [0.15, 0.2) is 0 Å². The quantitative estimate of drug-likeness (QED) is 0.731. The van der Waals surface area contributed by atoms with Gasteiger partial charge in [-0.2, -0.15) is 0 Å². The number of carbonyl (C=O) groups is 1. The Morgan fingerprint density at radius 2 is 1.96 bits per heavy atom.